The minimum atomic E-state index is -4.57. The van der Waals surface area contributed by atoms with Crippen LogP contribution < -0.4 is 14.8 Å². The molecule has 0 aliphatic heterocycles. The molecule has 1 amide bonds. The van der Waals surface area contributed by atoms with Gasteiger partial charge in [-0.1, -0.05) is 11.6 Å². The molecule has 8 nitrogen and oxygen atoms in total. The van der Waals surface area contributed by atoms with Crippen molar-refractivity contribution >= 4 is 33.2 Å². The maximum absolute atomic E-state index is 12.6. The Balaban J connectivity index is 2.26. The molecule has 1 aromatic carbocycles. The third kappa shape index (κ3) is 6.45. The molecule has 0 aliphatic rings. The van der Waals surface area contributed by atoms with E-state index in [2.05, 4.69) is 15.0 Å². The van der Waals surface area contributed by atoms with Crippen LogP contribution in [-0.2, 0) is 10.0 Å². The summed E-state index contributed by atoms with van der Waals surface area (Å²) in [5.74, 6) is -1.07. The van der Waals surface area contributed by atoms with Gasteiger partial charge in [0.05, 0.1) is 12.2 Å². The van der Waals surface area contributed by atoms with E-state index in [-0.39, 0.29) is 33.5 Å². The summed E-state index contributed by atoms with van der Waals surface area (Å²) < 4.78 is 72.7. The molecule has 0 fully saturated rings. The van der Waals surface area contributed by atoms with Crippen LogP contribution in [0.15, 0.2) is 35.4 Å². The molecule has 0 saturated heterocycles. The minimum Gasteiger partial charge on any atom is -0.492 e. The average molecular weight is 482 g/mol. The molecular formula is C18H19ClF3N3O5S. The highest BCUT2D eigenvalue weighted by atomic mass is 35.5. The van der Waals surface area contributed by atoms with Crippen LogP contribution in [0.5, 0.6) is 11.6 Å². The highest BCUT2D eigenvalue weighted by Gasteiger charge is 2.29. The molecule has 170 valence electrons. The first-order chi connectivity index (χ1) is 14.3. The molecule has 1 N–H and O–H groups in total. The lowest BCUT2D eigenvalue weighted by Crippen LogP contribution is -2.23. The summed E-state index contributed by atoms with van der Waals surface area (Å²) in [6, 6.07) is 5.15. The number of amides is 1. The zero-order valence-electron chi connectivity index (χ0n) is 16.7. The van der Waals surface area contributed by atoms with Crippen molar-refractivity contribution in [2.45, 2.75) is 18.0 Å². The molecule has 13 heteroatoms. The number of sulfonamides is 1. The van der Waals surface area contributed by atoms with Gasteiger partial charge in [-0.2, -0.15) is 13.2 Å². The van der Waals surface area contributed by atoms with Crippen molar-refractivity contribution in [2.24, 2.45) is 0 Å². The van der Waals surface area contributed by atoms with Gasteiger partial charge in [-0.25, -0.2) is 17.7 Å². The SMILES string of the molecule is CCOc1ccc(NC(=O)c2cnc(OCC(F)(F)F)c(Cl)c2)cc1S(=O)(=O)N(C)C. The lowest BCUT2D eigenvalue weighted by molar-refractivity contribution is -0.154. The van der Waals surface area contributed by atoms with Crippen molar-refractivity contribution in [1.82, 2.24) is 9.29 Å². The second kappa shape index (κ2) is 9.71. The van der Waals surface area contributed by atoms with Gasteiger partial charge < -0.3 is 14.8 Å². The van der Waals surface area contributed by atoms with E-state index < -0.39 is 34.6 Å². The molecule has 0 spiro atoms. The molecular weight excluding hydrogens is 463 g/mol. The molecule has 31 heavy (non-hydrogen) atoms. The van der Waals surface area contributed by atoms with E-state index in [1.54, 1.807) is 6.92 Å². The molecule has 2 rings (SSSR count). The minimum absolute atomic E-state index is 0.0738. The van der Waals surface area contributed by atoms with Crippen LogP contribution in [0, 0.1) is 0 Å². The number of aromatic nitrogens is 1. The quantitative estimate of drug-likeness (QED) is 0.619. The number of nitrogens with zero attached hydrogens (tertiary/aromatic N) is 2. The third-order valence-corrected chi connectivity index (χ3v) is 5.81. The Kier molecular flexibility index (Phi) is 7.73. The normalized spacial score (nSPS) is 12.0. The molecule has 0 unspecified atom stereocenters. The maximum atomic E-state index is 12.6. The number of ether oxygens (including phenoxy) is 2. The number of pyridine rings is 1. The Labute approximate surface area is 182 Å². The number of nitrogens with one attached hydrogen (secondary N) is 1. The van der Waals surface area contributed by atoms with Gasteiger partial charge in [0.15, 0.2) is 6.61 Å². The van der Waals surface area contributed by atoms with Crippen LogP contribution in [0.2, 0.25) is 5.02 Å². The van der Waals surface area contributed by atoms with Crippen LogP contribution in [-0.4, -0.2) is 57.1 Å². The lowest BCUT2D eigenvalue weighted by Gasteiger charge is -2.16. The van der Waals surface area contributed by atoms with Gasteiger partial charge in [0, 0.05) is 26.0 Å². The fourth-order valence-electron chi connectivity index (χ4n) is 2.27. The van der Waals surface area contributed by atoms with Crippen LogP contribution in [0.3, 0.4) is 0 Å². The lowest BCUT2D eigenvalue weighted by atomic mass is 10.2. The van der Waals surface area contributed by atoms with Gasteiger partial charge in [-0.05, 0) is 31.2 Å². The van der Waals surface area contributed by atoms with Gasteiger partial charge >= 0.3 is 6.18 Å². The highest BCUT2D eigenvalue weighted by molar-refractivity contribution is 7.89. The summed E-state index contributed by atoms with van der Waals surface area (Å²) in [5, 5.41) is 2.19. The van der Waals surface area contributed by atoms with Gasteiger partial charge in [0.1, 0.15) is 15.7 Å². The van der Waals surface area contributed by atoms with Crippen LogP contribution >= 0.6 is 11.6 Å². The number of anilines is 1. The molecule has 0 radical (unpaired) electrons. The summed E-state index contributed by atoms with van der Waals surface area (Å²) in [6.07, 6.45) is -3.59. The zero-order valence-corrected chi connectivity index (χ0v) is 18.2. The van der Waals surface area contributed by atoms with E-state index in [4.69, 9.17) is 16.3 Å². The standard InChI is InChI=1S/C18H19ClF3N3O5S/c1-4-29-14-6-5-12(8-15(14)31(27,28)25(2)3)24-16(26)11-7-13(19)17(23-9-11)30-10-18(20,21)22/h5-9H,4,10H2,1-3H3,(H,24,26). The fourth-order valence-corrected chi connectivity index (χ4v) is 3.54. The molecule has 1 aromatic heterocycles. The Hall–Kier alpha value is -2.57. The summed E-state index contributed by atoms with van der Waals surface area (Å²) in [4.78, 5) is 16.0. The van der Waals surface area contributed by atoms with Crippen LogP contribution in [0.4, 0.5) is 18.9 Å². The van der Waals surface area contributed by atoms with Crippen molar-refractivity contribution in [3.8, 4) is 11.6 Å². The maximum Gasteiger partial charge on any atom is 0.422 e. The van der Waals surface area contributed by atoms with Gasteiger partial charge in [0.2, 0.25) is 15.9 Å². The van der Waals surface area contributed by atoms with Gasteiger partial charge in [0.25, 0.3) is 5.91 Å². The van der Waals surface area contributed by atoms with Crippen LogP contribution in [0.25, 0.3) is 0 Å². The molecule has 0 saturated carbocycles. The molecule has 1 heterocycles. The Morgan fingerprint density at radius 3 is 2.45 bits per heavy atom. The first-order valence-electron chi connectivity index (χ1n) is 8.71. The van der Waals surface area contributed by atoms with Gasteiger partial charge in [-0.3, -0.25) is 4.79 Å². The average Bonchev–Trinajstić information content (AvgIpc) is 2.67. The Morgan fingerprint density at radius 1 is 1.23 bits per heavy atom. The topological polar surface area (TPSA) is 97.8 Å². The molecule has 0 bridgehead atoms. The number of carbonyl (C=O) groups is 1. The number of halogens is 4. The largest absolute Gasteiger partial charge is 0.492 e. The Bertz CT molecular complexity index is 1060. The predicted octanol–water partition coefficient (Wildman–Crippen LogP) is 3.58. The summed E-state index contributed by atoms with van der Waals surface area (Å²) in [7, 11) is -1.16. The fraction of sp³-hybridized carbons (Fsp3) is 0.333. The number of carbonyl (C=O) groups excluding carboxylic acids is 1. The van der Waals surface area contributed by atoms with E-state index in [9.17, 15) is 26.4 Å². The zero-order chi connectivity index (χ0) is 23.4. The number of hydrogen-bond acceptors (Lipinski definition) is 6. The third-order valence-electron chi connectivity index (χ3n) is 3.70. The van der Waals surface area contributed by atoms with E-state index >= 15 is 0 Å². The molecule has 2 aromatic rings. The first kappa shape index (κ1) is 24.7. The number of alkyl halides is 3. The highest BCUT2D eigenvalue weighted by Crippen LogP contribution is 2.30. The van der Waals surface area contributed by atoms with Crippen molar-refractivity contribution in [2.75, 3.05) is 32.6 Å². The summed E-state index contributed by atoms with van der Waals surface area (Å²) >= 11 is 5.84. The van der Waals surface area contributed by atoms with E-state index in [0.29, 0.717) is 0 Å². The second-order valence-corrected chi connectivity index (χ2v) is 8.78. The smallest absolute Gasteiger partial charge is 0.422 e. The van der Waals surface area contributed by atoms with E-state index in [1.807, 2.05) is 0 Å². The van der Waals surface area contributed by atoms with E-state index in [1.165, 1.54) is 32.3 Å². The Morgan fingerprint density at radius 2 is 1.90 bits per heavy atom. The van der Waals surface area contributed by atoms with Crippen molar-refractivity contribution < 1.29 is 35.9 Å². The van der Waals surface area contributed by atoms with Gasteiger partial charge in [-0.15, -0.1) is 0 Å². The number of rotatable bonds is 8. The van der Waals surface area contributed by atoms with E-state index in [0.717, 1.165) is 16.6 Å². The monoisotopic (exact) mass is 481 g/mol. The summed E-state index contributed by atoms with van der Waals surface area (Å²) in [6.45, 7) is 0.343. The van der Waals surface area contributed by atoms with Crippen molar-refractivity contribution in [3.63, 3.8) is 0 Å². The molecule has 0 aliphatic carbocycles. The second-order valence-electron chi connectivity index (χ2n) is 6.25. The summed E-state index contributed by atoms with van der Waals surface area (Å²) in [5.41, 5.74) is 0.0673. The number of benzene rings is 1. The van der Waals surface area contributed by atoms with Crippen LogP contribution in [0.1, 0.15) is 17.3 Å². The first-order valence-corrected chi connectivity index (χ1v) is 10.5. The molecule has 0 atom stereocenters. The predicted molar refractivity (Wildman–Crippen MR) is 107 cm³/mol. The van der Waals surface area contributed by atoms with Crippen molar-refractivity contribution in [3.05, 3.63) is 41.0 Å². The van der Waals surface area contributed by atoms with Crippen molar-refractivity contribution in [1.29, 1.82) is 0 Å². The number of hydrogen-bond donors (Lipinski definition) is 1.